The molecule has 3 heteroatoms. The summed E-state index contributed by atoms with van der Waals surface area (Å²) in [5.74, 6) is 2.44. The molecule has 0 bridgehead atoms. The summed E-state index contributed by atoms with van der Waals surface area (Å²) in [6, 6.07) is 10.8. The Morgan fingerprint density at radius 2 is 1.90 bits per heavy atom. The van der Waals surface area contributed by atoms with Gasteiger partial charge in [0, 0.05) is 30.9 Å². The van der Waals surface area contributed by atoms with Gasteiger partial charge >= 0.3 is 0 Å². The van der Waals surface area contributed by atoms with Gasteiger partial charge in [-0.1, -0.05) is 37.3 Å². The van der Waals surface area contributed by atoms with Crippen LogP contribution in [0.5, 0.6) is 0 Å². The van der Waals surface area contributed by atoms with E-state index in [9.17, 15) is 0 Å². The van der Waals surface area contributed by atoms with Crippen molar-refractivity contribution in [2.24, 2.45) is 0 Å². The fourth-order valence-electron chi connectivity index (χ4n) is 2.87. The number of thioether (sulfide) groups is 1. The molecule has 0 aromatic heterocycles. The number of piperazine rings is 1. The second-order valence-electron chi connectivity index (χ2n) is 6.48. The number of benzene rings is 1. The Morgan fingerprint density at radius 1 is 1.20 bits per heavy atom. The minimum atomic E-state index is 0.0632. The van der Waals surface area contributed by atoms with E-state index < -0.39 is 0 Å². The number of nitrogens with one attached hydrogen (secondary N) is 1. The third-order valence-electron chi connectivity index (χ3n) is 4.39. The molecule has 0 spiro atoms. The quantitative estimate of drug-likeness (QED) is 0.838. The van der Waals surface area contributed by atoms with Gasteiger partial charge in [-0.2, -0.15) is 11.8 Å². The van der Waals surface area contributed by atoms with Gasteiger partial charge in [0.15, 0.2) is 0 Å². The maximum absolute atomic E-state index is 3.77. The zero-order valence-corrected chi connectivity index (χ0v) is 14.1. The molecule has 0 saturated carbocycles. The molecule has 1 aromatic carbocycles. The minimum absolute atomic E-state index is 0.0632. The highest BCUT2D eigenvalue weighted by Crippen LogP contribution is 2.30. The molecule has 1 aliphatic rings. The zero-order valence-electron chi connectivity index (χ0n) is 13.3. The Morgan fingerprint density at radius 3 is 2.55 bits per heavy atom. The average molecular weight is 292 g/mol. The third kappa shape index (κ3) is 3.57. The molecule has 1 aromatic rings. The normalized spacial score (nSPS) is 26.6. The molecule has 2 rings (SSSR count). The Balaban J connectivity index is 2.11. The Labute approximate surface area is 128 Å². The van der Waals surface area contributed by atoms with Crippen LogP contribution in [0.2, 0.25) is 0 Å². The molecule has 20 heavy (non-hydrogen) atoms. The smallest absolute Gasteiger partial charge is 0.0535 e. The van der Waals surface area contributed by atoms with Crippen molar-refractivity contribution >= 4 is 11.8 Å². The molecule has 112 valence electrons. The molecule has 0 aliphatic carbocycles. The number of nitrogens with zero attached hydrogens (tertiary/aromatic N) is 1. The standard InChI is InChI=1S/C17H28N2S/c1-5-20-12-11-19-14-17(4,18-13-16(19,2)3)15-9-7-6-8-10-15/h6-10,18H,5,11-14H2,1-4H3. The highest BCUT2D eigenvalue weighted by molar-refractivity contribution is 7.99. The second kappa shape index (κ2) is 6.50. The lowest BCUT2D eigenvalue weighted by Gasteiger charge is -2.51. The monoisotopic (exact) mass is 292 g/mol. The van der Waals surface area contributed by atoms with Crippen molar-refractivity contribution in [1.82, 2.24) is 10.2 Å². The van der Waals surface area contributed by atoms with Crippen molar-refractivity contribution in [3.05, 3.63) is 35.9 Å². The maximum Gasteiger partial charge on any atom is 0.0535 e. The summed E-state index contributed by atoms with van der Waals surface area (Å²) in [5, 5.41) is 3.77. The summed E-state index contributed by atoms with van der Waals surface area (Å²) in [4.78, 5) is 2.65. The predicted octanol–water partition coefficient (Wildman–Crippen LogP) is 3.34. The van der Waals surface area contributed by atoms with E-state index in [1.807, 2.05) is 11.8 Å². The lowest BCUT2D eigenvalue weighted by molar-refractivity contribution is 0.0371. The Bertz CT molecular complexity index is 418. The molecule has 1 heterocycles. The topological polar surface area (TPSA) is 15.3 Å². The van der Waals surface area contributed by atoms with Crippen molar-refractivity contribution in [3.63, 3.8) is 0 Å². The van der Waals surface area contributed by atoms with E-state index >= 15 is 0 Å². The average Bonchev–Trinajstić information content (AvgIpc) is 2.44. The highest BCUT2D eigenvalue weighted by atomic mass is 32.2. The minimum Gasteiger partial charge on any atom is -0.305 e. The van der Waals surface area contributed by atoms with E-state index in [0.717, 1.165) is 13.1 Å². The first-order valence-electron chi connectivity index (χ1n) is 7.61. The van der Waals surface area contributed by atoms with E-state index in [4.69, 9.17) is 0 Å². The first-order chi connectivity index (χ1) is 9.48. The van der Waals surface area contributed by atoms with Gasteiger partial charge in [-0.3, -0.25) is 4.90 Å². The van der Waals surface area contributed by atoms with Gasteiger partial charge in [0.2, 0.25) is 0 Å². The van der Waals surface area contributed by atoms with Crippen LogP contribution in [0, 0.1) is 0 Å². The summed E-state index contributed by atoms with van der Waals surface area (Å²) in [6.07, 6.45) is 0. The largest absolute Gasteiger partial charge is 0.305 e. The maximum atomic E-state index is 3.77. The van der Waals surface area contributed by atoms with E-state index in [1.165, 1.54) is 23.6 Å². The number of hydrogen-bond donors (Lipinski definition) is 1. The van der Waals surface area contributed by atoms with E-state index in [2.05, 4.69) is 68.2 Å². The van der Waals surface area contributed by atoms with Gasteiger partial charge < -0.3 is 5.32 Å². The van der Waals surface area contributed by atoms with E-state index in [-0.39, 0.29) is 11.1 Å². The van der Waals surface area contributed by atoms with Crippen LogP contribution in [0.25, 0.3) is 0 Å². The van der Waals surface area contributed by atoms with Crippen molar-refractivity contribution in [3.8, 4) is 0 Å². The molecule has 0 amide bonds. The lowest BCUT2D eigenvalue weighted by Crippen LogP contribution is -2.65. The van der Waals surface area contributed by atoms with Crippen LogP contribution in [0.1, 0.15) is 33.3 Å². The molecule has 1 unspecified atom stereocenters. The molecule has 1 saturated heterocycles. The van der Waals surface area contributed by atoms with Gasteiger partial charge in [0.25, 0.3) is 0 Å². The predicted molar refractivity (Wildman–Crippen MR) is 90.4 cm³/mol. The van der Waals surface area contributed by atoms with Crippen molar-refractivity contribution in [2.75, 3.05) is 31.1 Å². The van der Waals surface area contributed by atoms with Gasteiger partial charge in [-0.05, 0) is 32.1 Å². The molecule has 1 atom stereocenters. The lowest BCUT2D eigenvalue weighted by atomic mass is 9.85. The van der Waals surface area contributed by atoms with Crippen LogP contribution >= 0.6 is 11.8 Å². The first kappa shape index (κ1) is 15.9. The van der Waals surface area contributed by atoms with E-state index in [1.54, 1.807) is 0 Å². The van der Waals surface area contributed by atoms with Gasteiger partial charge in [-0.25, -0.2) is 0 Å². The SMILES string of the molecule is CCSCCN1CC(C)(c2ccccc2)NCC1(C)C. The van der Waals surface area contributed by atoms with Crippen LogP contribution in [-0.4, -0.2) is 41.6 Å². The van der Waals surface area contributed by atoms with Crippen molar-refractivity contribution < 1.29 is 0 Å². The summed E-state index contributed by atoms with van der Waals surface area (Å²) in [5.41, 5.74) is 1.69. The van der Waals surface area contributed by atoms with Crippen LogP contribution in [0.15, 0.2) is 30.3 Å². The van der Waals surface area contributed by atoms with Crippen LogP contribution in [0.4, 0.5) is 0 Å². The fraction of sp³-hybridized carbons (Fsp3) is 0.647. The summed E-state index contributed by atoms with van der Waals surface area (Å²) in [6.45, 7) is 12.6. The van der Waals surface area contributed by atoms with Gasteiger partial charge in [0.1, 0.15) is 0 Å². The molecule has 1 N–H and O–H groups in total. The third-order valence-corrected chi connectivity index (χ3v) is 5.27. The summed E-state index contributed by atoms with van der Waals surface area (Å²) < 4.78 is 0. The summed E-state index contributed by atoms with van der Waals surface area (Å²) >= 11 is 2.04. The Hall–Kier alpha value is -0.510. The van der Waals surface area contributed by atoms with Crippen LogP contribution in [-0.2, 0) is 5.54 Å². The molecule has 2 nitrogen and oxygen atoms in total. The first-order valence-corrected chi connectivity index (χ1v) is 8.77. The summed E-state index contributed by atoms with van der Waals surface area (Å²) in [7, 11) is 0. The van der Waals surface area contributed by atoms with Crippen LogP contribution < -0.4 is 5.32 Å². The van der Waals surface area contributed by atoms with Crippen molar-refractivity contribution in [2.45, 2.75) is 38.8 Å². The van der Waals surface area contributed by atoms with Gasteiger partial charge in [-0.15, -0.1) is 0 Å². The molecular formula is C17H28N2S. The molecule has 1 fully saturated rings. The molecular weight excluding hydrogens is 264 g/mol. The Kier molecular flexibility index (Phi) is 5.16. The molecule has 0 radical (unpaired) electrons. The number of hydrogen-bond acceptors (Lipinski definition) is 3. The van der Waals surface area contributed by atoms with E-state index in [0.29, 0.717) is 0 Å². The second-order valence-corrected chi connectivity index (χ2v) is 7.88. The number of rotatable bonds is 5. The fourth-order valence-corrected chi connectivity index (χ4v) is 3.51. The van der Waals surface area contributed by atoms with Gasteiger partial charge in [0.05, 0.1) is 5.54 Å². The highest BCUT2D eigenvalue weighted by Gasteiger charge is 2.40. The van der Waals surface area contributed by atoms with Crippen LogP contribution in [0.3, 0.4) is 0 Å². The zero-order chi connectivity index (χ0) is 14.6. The van der Waals surface area contributed by atoms with Crippen molar-refractivity contribution in [1.29, 1.82) is 0 Å². The molecule has 1 aliphatic heterocycles.